The molecule has 24 heavy (non-hydrogen) atoms. The molecule has 0 saturated carbocycles. The molecule has 6 nitrogen and oxygen atoms in total. The Morgan fingerprint density at radius 3 is 2.79 bits per heavy atom. The van der Waals surface area contributed by atoms with Gasteiger partial charge >= 0.3 is 0 Å². The number of rotatable bonds is 2. The summed E-state index contributed by atoms with van der Waals surface area (Å²) in [6, 6.07) is 0. The van der Waals surface area contributed by atoms with E-state index in [-0.39, 0.29) is 33.4 Å². The Labute approximate surface area is 148 Å². The molecule has 0 unspecified atom stereocenters. The van der Waals surface area contributed by atoms with Crippen LogP contribution in [0.25, 0.3) is 0 Å². The molecule has 1 aromatic rings. The van der Waals surface area contributed by atoms with Crippen LogP contribution in [0.5, 0.6) is 0 Å². The molecule has 1 aliphatic carbocycles. The monoisotopic (exact) mass is 367 g/mol. The third-order valence-electron chi connectivity index (χ3n) is 3.58. The summed E-state index contributed by atoms with van der Waals surface area (Å²) >= 11 is 12.1. The molecular formula is C16H15Cl2N3O3. The number of aromatic nitrogens is 1. The fourth-order valence-corrected chi connectivity index (χ4v) is 2.89. The second-order valence-electron chi connectivity index (χ2n) is 5.39. The number of pyridine rings is 1. The third-order valence-corrected chi connectivity index (χ3v) is 4.16. The van der Waals surface area contributed by atoms with E-state index in [9.17, 15) is 9.90 Å². The summed E-state index contributed by atoms with van der Waals surface area (Å²) in [4.78, 5) is 16.6. The van der Waals surface area contributed by atoms with Crippen LogP contribution in [-0.2, 0) is 9.53 Å². The zero-order chi connectivity index (χ0) is 17.3. The minimum Gasteiger partial charge on any atom is -0.504 e. The molecule has 1 amide bonds. The van der Waals surface area contributed by atoms with Crippen LogP contribution >= 0.6 is 23.2 Å². The average molecular weight is 368 g/mol. The highest BCUT2D eigenvalue weighted by atomic mass is 35.5. The van der Waals surface area contributed by atoms with Crippen molar-refractivity contribution in [2.24, 2.45) is 0 Å². The molecule has 1 aromatic heterocycles. The van der Waals surface area contributed by atoms with Crippen molar-refractivity contribution in [1.82, 2.24) is 10.3 Å². The Balaban J connectivity index is 1.93. The lowest BCUT2D eigenvalue weighted by Crippen LogP contribution is -2.36. The maximum atomic E-state index is 12.7. The quantitative estimate of drug-likeness (QED) is 0.746. The number of hydrogen-bond donors (Lipinski definition) is 3. The summed E-state index contributed by atoms with van der Waals surface area (Å²) in [7, 11) is 0. The van der Waals surface area contributed by atoms with Gasteiger partial charge in [-0.25, -0.2) is 0 Å². The largest absolute Gasteiger partial charge is 0.504 e. The van der Waals surface area contributed by atoms with E-state index < -0.39 is 5.91 Å². The van der Waals surface area contributed by atoms with E-state index in [1.165, 1.54) is 12.4 Å². The summed E-state index contributed by atoms with van der Waals surface area (Å²) in [5, 5.41) is 16.4. The standard InChI is InChI=1S/C16H15Cl2N3O3/c1-8-5-20-13-9(3-2-4-12(22)15(13)24-8)16(23)21-14-10(17)6-19-7-11(14)18/h3-4,6-8,20,22H,2,5H2,1H3,(H,19,21,23)/t8-/m0/s1. The fraction of sp³-hybridized carbons (Fsp3) is 0.250. The molecule has 1 atom stereocenters. The zero-order valence-corrected chi connectivity index (χ0v) is 14.3. The molecule has 3 N–H and O–H groups in total. The van der Waals surface area contributed by atoms with E-state index in [0.717, 1.165) is 0 Å². The lowest BCUT2D eigenvalue weighted by Gasteiger charge is -2.27. The number of anilines is 1. The molecular weight excluding hydrogens is 353 g/mol. The molecule has 1 aliphatic heterocycles. The highest BCUT2D eigenvalue weighted by molar-refractivity contribution is 6.39. The zero-order valence-electron chi connectivity index (χ0n) is 12.8. The van der Waals surface area contributed by atoms with Gasteiger partial charge in [-0.2, -0.15) is 0 Å². The van der Waals surface area contributed by atoms with Crippen LogP contribution < -0.4 is 10.6 Å². The maximum absolute atomic E-state index is 12.7. The van der Waals surface area contributed by atoms with Crippen molar-refractivity contribution in [2.75, 3.05) is 11.9 Å². The summed E-state index contributed by atoms with van der Waals surface area (Å²) < 4.78 is 5.68. The molecule has 8 heteroatoms. The van der Waals surface area contributed by atoms with Gasteiger partial charge in [0.2, 0.25) is 0 Å². The number of halogens is 2. The summed E-state index contributed by atoms with van der Waals surface area (Å²) in [6.07, 6.45) is 6.34. The Kier molecular flexibility index (Phi) is 4.69. The lowest BCUT2D eigenvalue weighted by molar-refractivity contribution is -0.112. The second-order valence-corrected chi connectivity index (χ2v) is 6.20. The van der Waals surface area contributed by atoms with Gasteiger partial charge in [0.1, 0.15) is 6.10 Å². The van der Waals surface area contributed by atoms with Gasteiger partial charge in [-0.1, -0.05) is 29.3 Å². The number of amides is 1. The average Bonchev–Trinajstić information content (AvgIpc) is 2.70. The van der Waals surface area contributed by atoms with Crippen molar-refractivity contribution in [3.63, 3.8) is 0 Å². The van der Waals surface area contributed by atoms with Crippen molar-refractivity contribution < 1.29 is 14.6 Å². The van der Waals surface area contributed by atoms with Crippen LogP contribution in [0.2, 0.25) is 10.0 Å². The van der Waals surface area contributed by atoms with Gasteiger partial charge in [0.05, 0.1) is 33.5 Å². The van der Waals surface area contributed by atoms with E-state index in [1.54, 1.807) is 12.2 Å². The molecule has 3 rings (SSSR count). The van der Waals surface area contributed by atoms with Crippen LogP contribution in [0.4, 0.5) is 5.69 Å². The predicted molar refractivity (Wildman–Crippen MR) is 91.9 cm³/mol. The summed E-state index contributed by atoms with van der Waals surface area (Å²) in [5.74, 6) is -0.145. The van der Waals surface area contributed by atoms with Gasteiger partial charge in [0.15, 0.2) is 11.5 Å². The smallest absolute Gasteiger partial charge is 0.257 e. The molecule has 2 heterocycles. The number of nitrogens with one attached hydrogen (secondary N) is 2. The number of allylic oxidation sites excluding steroid dienone is 2. The molecule has 0 aromatic carbocycles. The summed E-state index contributed by atoms with van der Waals surface area (Å²) in [5.41, 5.74) is 1.08. The van der Waals surface area contributed by atoms with Gasteiger partial charge < -0.3 is 20.5 Å². The van der Waals surface area contributed by atoms with Crippen molar-refractivity contribution in [1.29, 1.82) is 0 Å². The fourth-order valence-electron chi connectivity index (χ4n) is 2.43. The maximum Gasteiger partial charge on any atom is 0.257 e. The van der Waals surface area contributed by atoms with Gasteiger partial charge in [-0.3, -0.25) is 9.78 Å². The molecule has 2 aliphatic rings. The minimum atomic E-state index is -0.411. The Morgan fingerprint density at radius 1 is 1.38 bits per heavy atom. The van der Waals surface area contributed by atoms with Crippen molar-refractivity contribution >= 4 is 34.8 Å². The highest BCUT2D eigenvalue weighted by Gasteiger charge is 2.29. The van der Waals surface area contributed by atoms with Crippen molar-refractivity contribution in [3.8, 4) is 0 Å². The van der Waals surface area contributed by atoms with Crippen LogP contribution in [0.15, 0.2) is 47.3 Å². The Morgan fingerprint density at radius 2 is 2.08 bits per heavy atom. The first-order valence-electron chi connectivity index (χ1n) is 7.32. The van der Waals surface area contributed by atoms with E-state index in [2.05, 4.69) is 15.6 Å². The van der Waals surface area contributed by atoms with Gasteiger partial charge in [-0.15, -0.1) is 0 Å². The number of carbonyl (C=O) groups is 1. The van der Waals surface area contributed by atoms with E-state index in [1.807, 2.05) is 6.92 Å². The number of carbonyl (C=O) groups excluding carboxylic acids is 1. The molecule has 0 fully saturated rings. The number of ether oxygens (including phenoxy) is 1. The predicted octanol–water partition coefficient (Wildman–Crippen LogP) is 3.32. The van der Waals surface area contributed by atoms with Crippen LogP contribution in [0.1, 0.15) is 13.3 Å². The first kappa shape index (κ1) is 16.7. The number of aliphatic hydroxyl groups excluding tert-OH is 1. The Bertz CT molecular complexity index is 767. The van der Waals surface area contributed by atoms with Gasteiger partial charge in [0.25, 0.3) is 5.91 Å². The SMILES string of the molecule is C[C@H]1CNC2=C(O1)C(O)=CCC=C2C(=O)Nc1c(Cl)cncc1Cl. The highest BCUT2D eigenvalue weighted by Crippen LogP contribution is 2.31. The summed E-state index contributed by atoms with van der Waals surface area (Å²) in [6.45, 7) is 2.39. The molecule has 126 valence electrons. The van der Waals surface area contributed by atoms with Gasteiger partial charge in [-0.05, 0) is 19.4 Å². The van der Waals surface area contributed by atoms with Crippen LogP contribution in [-0.4, -0.2) is 28.6 Å². The normalized spacial score (nSPS) is 20.0. The molecule has 0 radical (unpaired) electrons. The lowest BCUT2D eigenvalue weighted by atomic mass is 10.1. The minimum absolute atomic E-state index is 0.00285. The number of nitrogens with zero attached hydrogens (tertiary/aromatic N) is 1. The van der Waals surface area contributed by atoms with Crippen LogP contribution in [0, 0.1) is 0 Å². The molecule has 0 spiro atoms. The first-order valence-corrected chi connectivity index (χ1v) is 8.08. The van der Waals surface area contributed by atoms with Gasteiger partial charge in [0, 0.05) is 12.4 Å². The third kappa shape index (κ3) is 3.20. The van der Waals surface area contributed by atoms with E-state index >= 15 is 0 Å². The Hall–Kier alpha value is -2.18. The van der Waals surface area contributed by atoms with Crippen LogP contribution in [0.3, 0.4) is 0 Å². The van der Waals surface area contributed by atoms with E-state index in [0.29, 0.717) is 24.2 Å². The first-order chi connectivity index (χ1) is 11.5. The topological polar surface area (TPSA) is 83.5 Å². The molecule has 0 saturated heterocycles. The number of aliphatic hydroxyl groups is 1. The number of hydrogen-bond acceptors (Lipinski definition) is 5. The van der Waals surface area contributed by atoms with Crippen molar-refractivity contribution in [3.05, 3.63) is 57.4 Å². The second kappa shape index (κ2) is 6.75. The van der Waals surface area contributed by atoms with Crippen molar-refractivity contribution in [2.45, 2.75) is 19.4 Å². The molecule has 0 bridgehead atoms. The van der Waals surface area contributed by atoms with E-state index in [4.69, 9.17) is 27.9 Å².